The first-order chi connectivity index (χ1) is 13.7. The fourth-order valence-electron chi connectivity index (χ4n) is 3.62. The van der Waals surface area contributed by atoms with Gasteiger partial charge in [-0.25, -0.2) is 4.79 Å². The molecular weight excluding hydrogens is 374 g/mol. The molecule has 3 rings (SSSR count). The number of rotatable bonds is 6. The maximum atomic E-state index is 12.4. The molecule has 7 nitrogen and oxygen atoms in total. The van der Waals surface area contributed by atoms with Crippen molar-refractivity contribution in [1.82, 2.24) is 5.06 Å². The summed E-state index contributed by atoms with van der Waals surface area (Å²) in [6, 6.07) is 14.5. The normalized spacial score (nSPS) is 14.2. The van der Waals surface area contributed by atoms with Gasteiger partial charge in [0.2, 0.25) is 0 Å². The molecule has 7 heteroatoms. The molecular formula is C22H25NO6. The first-order valence-corrected chi connectivity index (χ1v) is 9.40. The zero-order valence-corrected chi connectivity index (χ0v) is 16.7. The number of ether oxygens (including phenoxy) is 1. The van der Waals surface area contributed by atoms with Crippen LogP contribution >= 0.6 is 0 Å². The Labute approximate surface area is 169 Å². The summed E-state index contributed by atoms with van der Waals surface area (Å²) in [5.74, 6) is -1.43. The predicted octanol–water partition coefficient (Wildman–Crippen LogP) is 3.41. The van der Waals surface area contributed by atoms with Crippen molar-refractivity contribution in [2.45, 2.75) is 38.3 Å². The minimum Gasteiger partial charge on any atom is -0.480 e. The lowest BCUT2D eigenvalue weighted by molar-refractivity contribution is -0.216. The van der Waals surface area contributed by atoms with Gasteiger partial charge in [0.15, 0.2) is 6.04 Å². The summed E-state index contributed by atoms with van der Waals surface area (Å²) in [5, 5.41) is 19.7. The van der Waals surface area contributed by atoms with E-state index in [9.17, 15) is 19.8 Å². The zero-order chi connectivity index (χ0) is 21.2. The summed E-state index contributed by atoms with van der Waals surface area (Å²) >= 11 is 0. The van der Waals surface area contributed by atoms with E-state index in [1.807, 2.05) is 48.5 Å². The van der Waals surface area contributed by atoms with Crippen LogP contribution in [0.1, 0.15) is 37.8 Å². The van der Waals surface area contributed by atoms with Crippen LogP contribution in [0.2, 0.25) is 0 Å². The fraction of sp³-hybridized carbons (Fsp3) is 0.364. The molecule has 0 amide bonds. The molecule has 0 bridgehead atoms. The number of hydrogen-bond acceptors (Lipinski definition) is 6. The van der Waals surface area contributed by atoms with Crippen LogP contribution in [0.3, 0.4) is 0 Å². The van der Waals surface area contributed by atoms with E-state index >= 15 is 0 Å². The molecule has 0 unspecified atom stereocenters. The molecule has 1 atom stereocenters. The molecule has 154 valence electrons. The van der Waals surface area contributed by atoms with Crippen molar-refractivity contribution in [2.75, 3.05) is 13.2 Å². The second-order valence-electron chi connectivity index (χ2n) is 7.91. The van der Waals surface area contributed by atoms with Crippen LogP contribution in [0.25, 0.3) is 11.1 Å². The number of nitrogens with zero attached hydrogens (tertiary/aromatic N) is 1. The Balaban J connectivity index is 1.74. The highest BCUT2D eigenvalue weighted by molar-refractivity contribution is 5.79. The summed E-state index contributed by atoms with van der Waals surface area (Å²) in [7, 11) is 0. The number of fused-ring (bicyclic) bond motifs is 3. The van der Waals surface area contributed by atoms with Crippen molar-refractivity contribution >= 4 is 12.1 Å². The highest BCUT2D eigenvalue weighted by atomic mass is 16.8. The molecule has 0 aliphatic heterocycles. The average Bonchev–Trinajstić information content (AvgIpc) is 2.99. The Bertz CT molecular complexity index is 859. The molecule has 1 aliphatic rings. The van der Waals surface area contributed by atoms with Gasteiger partial charge in [0.25, 0.3) is 0 Å². The largest absolute Gasteiger partial charge is 0.527 e. The van der Waals surface area contributed by atoms with Crippen LogP contribution in [0.5, 0.6) is 0 Å². The Morgan fingerprint density at radius 1 is 1.03 bits per heavy atom. The van der Waals surface area contributed by atoms with E-state index in [0.29, 0.717) is 0 Å². The van der Waals surface area contributed by atoms with Crippen LogP contribution in [0.4, 0.5) is 4.79 Å². The Hall–Kier alpha value is -2.90. The van der Waals surface area contributed by atoms with Gasteiger partial charge in [-0.05, 0) is 43.0 Å². The van der Waals surface area contributed by atoms with E-state index < -0.39 is 30.3 Å². The number of aliphatic carboxylic acids is 1. The van der Waals surface area contributed by atoms with E-state index in [-0.39, 0.29) is 12.5 Å². The van der Waals surface area contributed by atoms with Gasteiger partial charge in [0.05, 0.1) is 6.61 Å². The van der Waals surface area contributed by atoms with Gasteiger partial charge in [-0.2, -0.15) is 0 Å². The number of hydroxylamine groups is 2. The third kappa shape index (κ3) is 4.26. The Kier molecular flexibility index (Phi) is 5.91. The summed E-state index contributed by atoms with van der Waals surface area (Å²) in [5.41, 5.74) is 3.48. The van der Waals surface area contributed by atoms with Gasteiger partial charge in [-0.1, -0.05) is 48.5 Å². The average molecular weight is 399 g/mol. The maximum absolute atomic E-state index is 12.4. The molecule has 29 heavy (non-hydrogen) atoms. The zero-order valence-electron chi connectivity index (χ0n) is 16.7. The molecule has 0 saturated heterocycles. The third-order valence-corrected chi connectivity index (χ3v) is 4.91. The highest BCUT2D eigenvalue weighted by Gasteiger charge is 2.38. The second kappa shape index (κ2) is 8.23. The second-order valence-corrected chi connectivity index (χ2v) is 7.91. The minimum atomic E-state index is -1.39. The molecule has 0 heterocycles. The SMILES string of the molecule is CC(C)(C)N(OC(=O)OCC1c2ccccc2-c2ccccc21)[C@H](CO)C(=O)O. The molecule has 0 radical (unpaired) electrons. The number of hydrogen-bond donors (Lipinski definition) is 2. The first-order valence-electron chi connectivity index (χ1n) is 9.40. The van der Waals surface area contributed by atoms with Crippen LogP contribution in [-0.2, 0) is 14.4 Å². The number of carboxylic acids is 1. The standard InChI is InChI=1S/C22H25NO6/c1-22(2,3)23(19(12-24)20(25)26)29-21(27)28-13-18-16-10-6-4-8-14(16)15-9-5-7-11-17(15)18/h4-11,18-19,24H,12-13H2,1-3H3,(H,25,26)/t19-/m1/s1. The summed E-state index contributed by atoms with van der Waals surface area (Å²) in [4.78, 5) is 29.0. The predicted molar refractivity (Wildman–Crippen MR) is 106 cm³/mol. The molecule has 0 saturated carbocycles. The molecule has 2 N–H and O–H groups in total. The van der Waals surface area contributed by atoms with Crippen molar-refractivity contribution in [2.24, 2.45) is 0 Å². The van der Waals surface area contributed by atoms with Gasteiger partial charge >= 0.3 is 12.1 Å². The van der Waals surface area contributed by atoms with E-state index in [4.69, 9.17) is 9.57 Å². The van der Waals surface area contributed by atoms with Crippen molar-refractivity contribution in [3.05, 3.63) is 59.7 Å². The van der Waals surface area contributed by atoms with Gasteiger partial charge in [-0.15, -0.1) is 5.06 Å². The lowest BCUT2D eigenvalue weighted by atomic mass is 9.98. The first kappa shape index (κ1) is 20.8. The smallest absolute Gasteiger partial charge is 0.480 e. The van der Waals surface area contributed by atoms with E-state index in [1.54, 1.807) is 20.8 Å². The lowest BCUT2D eigenvalue weighted by Crippen LogP contribution is -2.54. The van der Waals surface area contributed by atoms with Crippen molar-refractivity contribution in [1.29, 1.82) is 0 Å². The van der Waals surface area contributed by atoms with Crippen LogP contribution in [-0.4, -0.2) is 52.2 Å². The van der Waals surface area contributed by atoms with E-state index in [0.717, 1.165) is 27.3 Å². The van der Waals surface area contributed by atoms with Crippen LogP contribution in [0, 0.1) is 0 Å². The monoisotopic (exact) mass is 399 g/mol. The number of benzene rings is 2. The summed E-state index contributed by atoms with van der Waals surface area (Å²) in [6.45, 7) is 4.38. The van der Waals surface area contributed by atoms with E-state index in [2.05, 4.69) is 0 Å². The molecule has 2 aromatic carbocycles. The Morgan fingerprint density at radius 3 is 2.00 bits per heavy atom. The molecule has 0 fully saturated rings. The van der Waals surface area contributed by atoms with Crippen LogP contribution < -0.4 is 0 Å². The Morgan fingerprint density at radius 2 is 1.55 bits per heavy atom. The molecule has 2 aromatic rings. The van der Waals surface area contributed by atoms with Gasteiger partial charge < -0.3 is 19.8 Å². The number of carbonyl (C=O) groups is 2. The fourth-order valence-corrected chi connectivity index (χ4v) is 3.62. The number of aliphatic hydroxyl groups excluding tert-OH is 1. The molecule has 0 spiro atoms. The van der Waals surface area contributed by atoms with Crippen molar-refractivity contribution in [3.8, 4) is 11.1 Å². The quantitative estimate of drug-likeness (QED) is 0.567. The lowest BCUT2D eigenvalue weighted by Gasteiger charge is -2.36. The molecule has 0 aromatic heterocycles. The highest BCUT2D eigenvalue weighted by Crippen LogP contribution is 2.44. The van der Waals surface area contributed by atoms with Gasteiger partial charge in [-0.3, -0.25) is 4.79 Å². The van der Waals surface area contributed by atoms with Crippen molar-refractivity contribution in [3.63, 3.8) is 0 Å². The van der Waals surface area contributed by atoms with Gasteiger partial charge in [0.1, 0.15) is 6.61 Å². The number of aliphatic hydroxyl groups is 1. The number of carboxylic acid groups (broad SMARTS) is 1. The minimum absolute atomic E-state index is 0.0572. The molecule has 1 aliphatic carbocycles. The van der Waals surface area contributed by atoms with E-state index in [1.165, 1.54) is 0 Å². The van der Waals surface area contributed by atoms with Crippen molar-refractivity contribution < 1.29 is 29.4 Å². The topological polar surface area (TPSA) is 96.3 Å². The third-order valence-electron chi connectivity index (χ3n) is 4.91. The number of carbonyl (C=O) groups excluding carboxylic acids is 1. The summed E-state index contributed by atoms with van der Waals surface area (Å²) < 4.78 is 5.36. The van der Waals surface area contributed by atoms with Gasteiger partial charge in [0, 0.05) is 11.5 Å². The van der Waals surface area contributed by atoms with Crippen LogP contribution in [0.15, 0.2) is 48.5 Å². The maximum Gasteiger partial charge on any atom is 0.527 e. The summed E-state index contributed by atoms with van der Waals surface area (Å²) in [6.07, 6.45) is -1.01.